The molecule has 182 valence electrons. The van der Waals surface area contributed by atoms with E-state index in [4.69, 9.17) is 4.74 Å². The molecule has 0 atom stereocenters. The van der Waals surface area contributed by atoms with Gasteiger partial charge >= 0.3 is 6.18 Å². The van der Waals surface area contributed by atoms with Crippen LogP contribution in [0, 0.1) is 5.92 Å². The summed E-state index contributed by atoms with van der Waals surface area (Å²) < 4.78 is 46.4. The second kappa shape index (κ2) is 11.7. The Morgan fingerprint density at radius 1 is 0.912 bits per heavy atom. The Labute approximate surface area is 198 Å². The van der Waals surface area contributed by atoms with Crippen molar-refractivity contribution in [2.45, 2.75) is 52.6 Å². The van der Waals surface area contributed by atoms with Gasteiger partial charge in [-0.3, -0.25) is 0 Å². The van der Waals surface area contributed by atoms with Crippen LogP contribution in [0.1, 0.15) is 51.2 Å². The minimum atomic E-state index is -4.59. The Bertz CT molecular complexity index is 1040. The van der Waals surface area contributed by atoms with Crippen molar-refractivity contribution in [3.8, 4) is 5.75 Å². The van der Waals surface area contributed by atoms with Gasteiger partial charge in [0.2, 0.25) is 5.95 Å². The number of anilines is 4. The molecule has 0 saturated heterocycles. The van der Waals surface area contributed by atoms with Gasteiger partial charge in [0.05, 0.1) is 6.61 Å². The van der Waals surface area contributed by atoms with Gasteiger partial charge in [-0.2, -0.15) is 18.2 Å². The number of benzene rings is 2. The van der Waals surface area contributed by atoms with Crippen molar-refractivity contribution in [3.05, 3.63) is 65.9 Å². The van der Waals surface area contributed by atoms with Gasteiger partial charge in [0.25, 0.3) is 0 Å². The lowest BCUT2D eigenvalue weighted by Gasteiger charge is -2.15. The number of ether oxygens (including phenoxy) is 1. The van der Waals surface area contributed by atoms with E-state index in [1.54, 1.807) is 36.4 Å². The quantitative estimate of drug-likeness (QED) is 0.279. The second-order valence-corrected chi connectivity index (χ2v) is 8.58. The summed E-state index contributed by atoms with van der Waals surface area (Å²) in [4.78, 5) is 7.98. The van der Waals surface area contributed by atoms with Crippen LogP contribution < -0.4 is 15.4 Å². The van der Waals surface area contributed by atoms with Gasteiger partial charge in [-0.25, -0.2) is 4.98 Å². The van der Waals surface area contributed by atoms with Crippen LogP contribution in [0.3, 0.4) is 0 Å². The maximum Gasteiger partial charge on any atom is 0.421 e. The smallest absolute Gasteiger partial charge is 0.421 e. The molecule has 1 heterocycles. The third-order valence-corrected chi connectivity index (χ3v) is 5.08. The van der Waals surface area contributed by atoms with E-state index in [2.05, 4.69) is 41.4 Å². The molecule has 1 aromatic heterocycles. The molecule has 0 spiro atoms. The first-order valence-corrected chi connectivity index (χ1v) is 11.5. The highest BCUT2D eigenvalue weighted by Crippen LogP contribution is 2.35. The van der Waals surface area contributed by atoms with Gasteiger partial charge in [0.15, 0.2) is 0 Å². The van der Waals surface area contributed by atoms with E-state index in [1.165, 1.54) is 0 Å². The predicted molar refractivity (Wildman–Crippen MR) is 130 cm³/mol. The molecule has 34 heavy (non-hydrogen) atoms. The van der Waals surface area contributed by atoms with E-state index in [1.807, 2.05) is 12.1 Å². The van der Waals surface area contributed by atoms with Crippen molar-refractivity contribution in [3.63, 3.8) is 0 Å². The number of unbranched alkanes of at least 4 members (excludes halogenated alkanes) is 2. The van der Waals surface area contributed by atoms with Crippen LogP contribution in [0.15, 0.2) is 54.7 Å². The van der Waals surface area contributed by atoms with Crippen molar-refractivity contribution in [1.29, 1.82) is 0 Å². The monoisotopic (exact) mass is 472 g/mol. The van der Waals surface area contributed by atoms with E-state index < -0.39 is 11.7 Å². The van der Waals surface area contributed by atoms with Gasteiger partial charge in [-0.05, 0) is 60.7 Å². The van der Waals surface area contributed by atoms with Gasteiger partial charge in [-0.1, -0.05) is 45.7 Å². The number of hydrogen-bond acceptors (Lipinski definition) is 5. The van der Waals surface area contributed by atoms with Gasteiger partial charge in [0.1, 0.15) is 17.1 Å². The highest BCUT2D eigenvalue weighted by molar-refractivity contribution is 5.63. The van der Waals surface area contributed by atoms with Gasteiger partial charge in [-0.15, -0.1) is 0 Å². The molecule has 0 aliphatic heterocycles. The molecule has 5 nitrogen and oxygen atoms in total. The molecule has 0 bridgehead atoms. The summed E-state index contributed by atoms with van der Waals surface area (Å²) in [5, 5.41) is 5.76. The predicted octanol–water partition coefficient (Wildman–Crippen LogP) is 7.75. The second-order valence-electron chi connectivity index (χ2n) is 8.58. The van der Waals surface area contributed by atoms with Crippen molar-refractivity contribution in [2.24, 2.45) is 5.92 Å². The van der Waals surface area contributed by atoms with E-state index in [-0.39, 0.29) is 11.8 Å². The zero-order valence-electron chi connectivity index (χ0n) is 19.7. The van der Waals surface area contributed by atoms with Crippen molar-refractivity contribution < 1.29 is 17.9 Å². The molecule has 0 aliphatic carbocycles. The largest absolute Gasteiger partial charge is 0.494 e. The number of alkyl halides is 3. The lowest BCUT2D eigenvalue weighted by Crippen LogP contribution is -2.12. The summed E-state index contributed by atoms with van der Waals surface area (Å²) in [5.74, 6) is 0.979. The summed E-state index contributed by atoms with van der Waals surface area (Å²) >= 11 is 0. The maximum absolute atomic E-state index is 13.6. The Balaban J connectivity index is 1.74. The molecule has 3 rings (SSSR count). The van der Waals surface area contributed by atoms with Crippen LogP contribution >= 0.6 is 0 Å². The minimum Gasteiger partial charge on any atom is -0.494 e. The zero-order chi connectivity index (χ0) is 24.6. The summed E-state index contributed by atoms with van der Waals surface area (Å²) in [6.45, 7) is 7.01. The summed E-state index contributed by atoms with van der Waals surface area (Å²) in [5.41, 5.74) is 1.36. The van der Waals surface area contributed by atoms with E-state index in [9.17, 15) is 13.2 Å². The van der Waals surface area contributed by atoms with E-state index in [0.29, 0.717) is 23.9 Å². The number of hydrogen-bond donors (Lipinski definition) is 2. The Hall–Kier alpha value is -3.29. The standard InChI is InChI=1S/C26H31F3N4O/c1-4-5-6-15-34-22-13-11-21(12-14-22)32-25-30-17-23(26(27,28)29)24(33-25)31-20-9-7-19(8-10-20)16-18(2)3/h7-14,17-18H,4-6,15-16H2,1-3H3,(H2,30,31,32,33). The molecular weight excluding hydrogens is 441 g/mol. The van der Waals surface area contributed by atoms with E-state index >= 15 is 0 Å². The number of aromatic nitrogens is 2. The van der Waals surface area contributed by atoms with Crippen LogP contribution in [0.25, 0.3) is 0 Å². The summed E-state index contributed by atoms with van der Waals surface area (Å²) in [6.07, 6.45) is 0.332. The van der Waals surface area contributed by atoms with Gasteiger partial charge in [0, 0.05) is 17.6 Å². The van der Waals surface area contributed by atoms with E-state index in [0.717, 1.165) is 43.2 Å². The Kier molecular flexibility index (Phi) is 8.73. The number of halogens is 3. The fourth-order valence-corrected chi connectivity index (χ4v) is 3.38. The summed E-state index contributed by atoms with van der Waals surface area (Å²) in [7, 11) is 0. The van der Waals surface area contributed by atoms with Gasteiger partial charge < -0.3 is 15.4 Å². The zero-order valence-corrected chi connectivity index (χ0v) is 19.7. The highest BCUT2D eigenvalue weighted by atomic mass is 19.4. The van der Waals surface area contributed by atoms with Crippen molar-refractivity contribution >= 4 is 23.1 Å². The number of rotatable bonds is 11. The topological polar surface area (TPSA) is 59.1 Å². The SMILES string of the molecule is CCCCCOc1ccc(Nc2ncc(C(F)(F)F)c(Nc3ccc(CC(C)C)cc3)n2)cc1. The lowest BCUT2D eigenvalue weighted by atomic mass is 10.0. The third-order valence-electron chi connectivity index (χ3n) is 5.08. The van der Waals surface area contributed by atoms with Crippen LogP contribution in [0.5, 0.6) is 5.75 Å². The molecule has 0 unspecified atom stereocenters. The minimum absolute atomic E-state index is 0.0588. The molecule has 2 aromatic carbocycles. The number of nitrogens with one attached hydrogen (secondary N) is 2. The number of nitrogens with zero attached hydrogens (tertiary/aromatic N) is 2. The molecule has 0 saturated carbocycles. The molecule has 0 fully saturated rings. The average Bonchev–Trinajstić information content (AvgIpc) is 2.78. The van der Waals surface area contributed by atoms with Crippen LogP contribution in [-0.2, 0) is 12.6 Å². The summed E-state index contributed by atoms with van der Waals surface area (Å²) in [6, 6.07) is 14.5. The van der Waals surface area contributed by atoms with Crippen LogP contribution in [-0.4, -0.2) is 16.6 Å². The molecule has 0 aliphatic rings. The first-order valence-electron chi connectivity index (χ1n) is 11.5. The van der Waals surface area contributed by atoms with Crippen molar-refractivity contribution in [2.75, 3.05) is 17.2 Å². The fourth-order valence-electron chi connectivity index (χ4n) is 3.38. The first kappa shape index (κ1) is 25.3. The van der Waals surface area contributed by atoms with Crippen LogP contribution in [0.4, 0.5) is 36.3 Å². The third kappa shape index (κ3) is 7.64. The molecular formula is C26H31F3N4O. The molecule has 0 radical (unpaired) electrons. The molecule has 0 amide bonds. The van der Waals surface area contributed by atoms with Crippen LogP contribution in [0.2, 0.25) is 0 Å². The average molecular weight is 473 g/mol. The molecule has 2 N–H and O–H groups in total. The molecule has 8 heteroatoms. The first-order chi connectivity index (χ1) is 16.2. The Morgan fingerprint density at radius 2 is 1.56 bits per heavy atom. The lowest BCUT2D eigenvalue weighted by molar-refractivity contribution is -0.137. The maximum atomic E-state index is 13.6. The highest BCUT2D eigenvalue weighted by Gasteiger charge is 2.35. The fraction of sp³-hybridized carbons (Fsp3) is 0.385. The van der Waals surface area contributed by atoms with Crippen molar-refractivity contribution in [1.82, 2.24) is 9.97 Å². The normalized spacial score (nSPS) is 11.5. The Morgan fingerprint density at radius 3 is 2.18 bits per heavy atom. The molecule has 3 aromatic rings.